The van der Waals surface area contributed by atoms with Gasteiger partial charge in [-0.15, -0.1) is 0 Å². The van der Waals surface area contributed by atoms with Gasteiger partial charge in [-0.3, -0.25) is 4.98 Å². The molecule has 0 bridgehead atoms. The van der Waals surface area contributed by atoms with Crippen molar-refractivity contribution in [3.63, 3.8) is 0 Å². The SMILES string of the molecule is CC(C)C1(C)Cc2ccncc2C1. The summed E-state index contributed by atoms with van der Waals surface area (Å²) in [6, 6.07) is 2.17. The van der Waals surface area contributed by atoms with Gasteiger partial charge in [0.15, 0.2) is 0 Å². The van der Waals surface area contributed by atoms with E-state index in [2.05, 4.69) is 31.8 Å². The molecule has 1 nitrogen and oxygen atoms in total. The Bertz CT molecular complexity index is 290. The van der Waals surface area contributed by atoms with Crippen molar-refractivity contribution in [3.05, 3.63) is 29.6 Å². The fourth-order valence-corrected chi connectivity index (χ4v) is 2.13. The van der Waals surface area contributed by atoms with Crippen LogP contribution in [0.15, 0.2) is 18.5 Å². The third kappa shape index (κ3) is 1.37. The van der Waals surface area contributed by atoms with E-state index in [0.717, 1.165) is 5.92 Å². The molecule has 0 radical (unpaired) electrons. The summed E-state index contributed by atoms with van der Waals surface area (Å²) in [6.07, 6.45) is 6.37. The fraction of sp³-hybridized carbons (Fsp3) is 0.583. The van der Waals surface area contributed by atoms with E-state index in [9.17, 15) is 0 Å². The highest BCUT2D eigenvalue weighted by Crippen LogP contribution is 2.41. The molecule has 1 aliphatic carbocycles. The molecule has 1 aromatic rings. The van der Waals surface area contributed by atoms with Crippen molar-refractivity contribution in [3.8, 4) is 0 Å². The van der Waals surface area contributed by atoms with E-state index in [1.54, 1.807) is 0 Å². The van der Waals surface area contributed by atoms with E-state index in [0.29, 0.717) is 5.41 Å². The van der Waals surface area contributed by atoms with Gasteiger partial charge in [0, 0.05) is 12.4 Å². The molecule has 0 fully saturated rings. The first kappa shape index (κ1) is 8.74. The first-order valence-corrected chi connectivity index (χ1v) is 5.03. The molecule has 1 atom stereocenters. The predicted octanol–water partition coefficient (Wildman–Crippen LogP) is 2.84. The molecule has 0 aromatic carbocycles. The monoisotopic (exact) mass is 175 g/mol. The van der Waals surface area contributed by atoms with Crippen LogP contribution in [-0.2, 0) is 12.8 Å². The average molecular weight is 175 g/mol. The van der Waals surface area contributed by atoms with E-state index in [-0.39, 0.29) is 0 Å². The molecule has 1 heterocycles. The molecule has 0 amide bonds. The minimum absolute atomic E-state index is 0.464. The second-order valence-electron chi connectivity index (χ2n) is 4.81. The number of rotatable bonds is 1. The van der Waals surface area contributed by atoms with Crippen molar-refractivity contribution < 1.29 is 0 Å². The Morgan fingerprint density at radius 2 is 2.00 bits per heavy atom. The largest absolute Gasteiger partial charge is 0.264 e. The van der Waals surface area contributed by atoms with Gasteiger partial charge in [-0.05, 0) is 41.4 Å². The van der Waals surface area contributed by atoms with Crippen molar-refractivity contribution in [2.45, 2.75) is 33.6 Å². The minimum atomic E-state index is 0.464. The maximum atomic E-state index is 4.18. The van der Waals surface area contributed by atoms with Crippen LogP contribution in [0.3, 0.4) is 0 Å². The van der Waals surface area contributed by atoms with Crippen LogP contribution in [0, 0.1) is 11.3 Å². The maximum Gasteiger partial charge on any atom is 0.0302 e. The maximum absolute atomic E-state index is 4.18. The Balaban J connectivity index is 2.32. The number of fused-ring (bicyclic) bond motifs is 1. The number of aromatic nitrogens is 1. The lowest BCUT2D eigenvalue weighted by molar-refractivity contribution is 0.234. The first-order chi connectivity index (χ1) is 6.12. The molecule has 13 heavy (non-hydrogen) atoms. The molecule has 0 spiro atoms. The van der Waals surface area contributed by atoms with Gasteiger partial charge in [0.2, 0.25) is 0 Å². The Labute approximate surface area is 80.2 Å². The highest BCUT2D eigenvalue weighted by Gasteiger charge is 2.35. The highest BCUT2D eigenvalue weighted by atomic mass is 14.6. The number of hydrogen-bond acceptors (Lipinski definition) is 1. The van der Waals surface area contributed by atoms with Gasteiger partial charge in [0.1, 0.15) is 0 Å². The van der Waals surface area contributed by atoms with Crippen LogP contribution in [0.25, 0.3) is 0 Å². The Hall–Kier alpha value is -0.850. The lowest BCUT2D eigenvalue weighted by atomic mass is 9.77. The number of pyridine rings is 1. The second kappa shape index (κ2) is 2.83. The van der Waals surface area contributed by atoms with E-state index in [1.807, 2.05) is 12.4 Å². The third-order valence-corrected chi connectivity index (χ3v) is 3.59. The smallest absolute Gasteiger partial charge is 0.0302 e. The van der Waals surface area contributed by atoms with E-state index in [4.69, 9.17) is 0 Å². The van der Waals surface area contributed by atoms with Crippen molar-refractivity contribution in [1.82, 2.24) is 4.98 Å². The quantitative estimate of drug-likeness (QED) is 0.639. The van der Waals surface area contributed by atoms with Gasteiger partial charge in [0.05, 0.1) is 0 Å². The van der Waals surface area contributed by atoms with Crippen LogP contribution < -0.4 is 0 Å². The van der Waals surface area contributed by atoms with Gasteiger partial charge in [0.25, 0.3) is 0 Å². The molecule has 70 valence electrons. The van der Waals surface area contributed by atoms with Gasteiger partial charge in [-0.1, -0.05) is 20.8 Å². The van der Waals surface area contributed by atoms with Crippen molar-refractivity contribution in [2.24, 2.45) is 11.3 Å². The summed E-state index contributed by atoms with van der Waals surface area (Å²) in [6.45, 7) is 7.02. The summed E-state index contributed by atoms with van der Waals surface area (Å²) in [5.74, 6) is 0.750. The van der Waals surface area contributed by atoms with Gasteiger partial charge >= 0.3 is 0 Å². The van der Waals surface area contributed by atoms with Crippen LogP contribution in [0.5, 0.6) is 0 Å². The molecule has 0 saturated carbocycles. The molecular formula is C12H17N. The number of nitrogens with zero attached hydrogens (tertiary/aromatic N) is 1. The lowest BCUT2D eigenvalue weighted by Gasteiger charge is -2.28. The molecular weight excluding hydrogens is 158 g/mol. The van der Waals surface area contributed by atoms with Gasteiger partial charge in [-0.25, -0.2) is 0 Å². The molecule has 1 aromatic heterocycles. The fourth-order valence-electron chi connectivity index (χ4n) is 2.13. The molecule has 1 unspecified atom stereocenters. The predicted molar refractivity (Wildman–Crippen MR) is 54.6 cm³/mol. The van der Waals surface area contributed by atoms with Gasteiger partial charge < -0.3 is 0 Å². The molecule has 0 aliphatic heterocycles. The molecule has 1 aliphatic rings. The zero-order valence-electron chi connectivity index (χ0n) is 8.67. The molecule has 1 heteroatoms. The summed E-state index contributed by atoms with van der Waals surface area (Å²) in [5.41, 5.74) is 3.43. The van der Waals surface area contributed by atoms with Crippen molar-refractivity contribution in [1.29, 1.82) is 0 Å². The summed E-state index contributed by atoms with van der Waals surface area (Å²) in [5, 5.41) is 0. The first-order valence-electron chi connectivity index (χ1n) is 5.03. The highest BCUT2D eigenvalue weighted by molar-refractivity contribution is 5.31. The molecule has 0 N–H and O–H groups in total. The van der Waals surface area contributed by atoms with Crippen LogP contribution in [0.4, 0.5) is 0 Å². The van der Waals surface area contributed by atoms with Crippen LogP contribution >= 0.6 is 0 Å². The van der Waals surface area contributed by atoms with Gasteiger partial charge in [-0.2, -0.15) is 0 Å². The lowest BCUT2D eigenvalue weighted by Crippen LogP contribution is -2.23. The minimum Gasteiger partial charge on any atom is -0.264 e. The normalized spacial score (nSPS) is 26.5. The van der Waals surface area contributed by atoms with Crippen molar-refractivity contribution in [2.75, 3.05) is 0 Å². The van der Waals surface area contributed by atoms with Crippen LogP contribution in [-0.4, -0.2) is 4.98 Å². The standard InChI is InChI=1S/C12H17N/c1-9(2)12(3)6-10-4-5-13-8-11(10)7-12/h4-5,8-9H,6-7H2,1-3H3. The number of hydrogen-bond donors (Lipinski definition) is 0. The van der Waals surface area contributed by atoms with Crippen molar-refractivity contribution >= 4 is 0 Å². The Morgan fingerprint density at radius 3 is 2.62 bits per heavy atom. The molecule has 0 saturated heterocycles. The van der Waals surface area contributed by atoms with E-state index in [1.165, 1.54) is 24.0 Å². The summed E-state index contributed by atoms with van der Waals surface area (Å²) >= 11 is 0. The summed E-state index contributed by atoms with van der Waals surface area (Å²) in [4.78, 5) is 4.18. The third-order valence-electron chi connectivity index (χ3n) is 3.59. The summed E-state index contributed by atoms with van der Waals surface area (Å²) in [7, 11) is 0. The van der Waals surface area contributed by atoms with Crippen LogP contribution in [0.2, 0.25) is 0 Å². The average Bonchev–Trinajstić information content (AvgIpc) is 2.42. The Morgan fingerprint density at radius 1 is 1.31 bits per heavy atom. The van der Waals surface area contributed by atoms with E-state index >= 15 is 0 Å². The Kier molecular flexibility index (Phi) is 1.90. The summed E-state index contributed by atoms with van der Waals surface area (Å²) < 4.78 is 0. The van der Waals surface area contributed by atoms with E-state index < -0.39 is 0 Å². The van der Waals surface area contributed by atoms with Crippen LogP contribution in [0.1, 0.15) is 31.9 Å². The zero-order chi connectivity index (χ0) is 9.47. The zero-order valence-corrected chi connectivity index (χ0v) is 8.67. The molecule has 2 rings (SSSR count). The topological polar surface area (TPSA) is 12.9 Å². The second-order valence-corrected chi connectivity index (χ2v) is 4.81.